The second-order valence-electron chi connectivity index (χ2n) is 14.4. The van der Waals surface area contributed by atoms with Crippen molar-refractivity contribution in [3.63, 3.8) is 0 Å². The number of benzene rings is 1. The largest absolute Gasteiger partial charge is 0.481 e. The van der Waals surface area contributed by atoms with Crippen LogP contribution in [-0.4, -0.2) is 80.5 Å². The molecule has 2 aliphatic carbocycles. The highest BCUT2D eigenvalue weighted by molar-refractivity contribution is 6.00. The molecule has 4 bridgehead atoms. The third-order valence-electron chi connectivity index (χ3n) is 11.4. The van der Waals surface area contributed by atoms with E-state index in [1.807, 2.05) is 28.8 Å². The molecule has 6 rings (SSSR count). The lowest BCUT2D eigenvalue weighted by molar-refractivity contribution is -0.136. The van der Waals surface area contributed by atoms with E-state index in [4.69, 9.17) is 9.82 Å². The number of hydrogen-bond donors (Lipinski definition) is 1. The first-order valence-corrected chi connectivity index (χ1v) is 17.8. The maximum atomic E-state index is 14.5. The Bertz CT molecular complexity index is 1390. The van der Waals surface area contributed by atoms with E-state index in [9.17, 15) is 14.7 Å². The van der Waals surface area contributed by atoms with E-state index in [1.165, 1.54) is 51.4 Å². The van der Waals surface area contributed by atoms with Crippen LogP contribution < -0.4 is 5.56 Å². The van der Waals surface area contributed by atoms with Crippen molar-refractivity contribution in [2.24, 2.45) is 22.9 Å². The summed E-state index contributed by atoms with van der Waals surface area (Å²) >= 11 is 0. The smallest absolute Gasteiger partial charge is 0.303 e. The molecule has 45 heavy (non-hydrogen) atoms. The van der Waals surface area contributed by atoms with Gasteiger partial charge in [-0.25, -0.2) is 4.98 Å². The number of aromatic nitrogens is 2. The van der Waals surface area contributed by atoms with Gasteiger partial charge in [-0.15, -0.1) is 0 Å². The molecular formula is C36H53N5O4. The molecule has 1 aromatic carbocycles. The maximum Gasteiger partial charge on any atom is 0.303 e. The topological polar surface area (TPSA) is 100 Å². The van der Waals surface area contributed by atoms with Crippen LogP contribution in [0.3, 0.4) is 0 Å². The van der Waals surface area contributed by atoms with Gasteiger partial charge < -0.3 is 19.4 Å². The number of piperidine rings is 2. The zero-order valence-electron chi connectivity index (χ0n) is 27.6. The van der Waals surface area contributed by atoms with Crippen LogP contribution in [-0.2, 0) is 9.63 Å². The second-order valence-corrected chi connectivity index (χ2v) is 14.4. The van der Waals surface area contributed by atoms with Crippen LogP contribution in [0.15, 0.2) is 34.2 Å². The summed E-state index contributed by atoms with van der Waals surface area (Å²) in [6, 6.07) is 9.62. The van der Waals surface area contributed by atoms with Gasteiger partial charge in [0.05, 0.1) is 17.5 Å². The summed E-state index contributed by atoms with van der Waals surface area (Å²) < 4.78 is 1.99. The van der Waals surface area contributed by atoms with Crippen molar-refractivity contribution in [2.45, 2.75) is 122 Å². The Hall–Kier alpha value is -2.78. The fourth-order valence-corrected chi connectivity index (χ4v) is 9.56. The van der Waals surface area contributed by atoms with Crippen LogP contribution in [0.4, 0.5) is 0 Å². The average Bonchev–Trinajstić information content (AvgIpc) is 3.01. The van der Waals surface area contributed by atoms with Gasteiger partial charge in [0.25, 0.3) is 5.56 Å². The number of carbonyl (C=O) groups is 1. The fourth-order valence-electron chi connectivity index (χ4n) is 9.56. The van der Waals surface area contributed by atoms with E-state index in [-0.39, 0.29) is 30.1 Å². The van der Waals surface area contributed by atoms with Gasteiger partial charge in [0.15, 0.2) is 5.69 Å². The molecule has 2 saturated carbocycles. The lowest BCUT2D eigenvalue weighted by Crippen LogP contribution is -2.59. The quantitative estimate of drug-likeness (QED) is 0.174. The van der Waals surface area contributed by atoms with Crippen LogP contribution in [0.2, 0.25) is 0 Å². The lowest BCUT2D eigenvalue weighted by atomic mass is 9.65. The van der Waals surface area contributed by atoms with Crippen molar-refractivity contribution in [1.29, 1.82) is 0 Å². The van der Waals surface area contributed by atoms with Crippen molar-refractivity contribution >= 4 is 22.7 Å². The lowest BCUT2D eigenvalue weighted by Gasteiger charge is -2.55. The predicted molar refractivity (Wildman–Crippen MR) is 178 cm³/mol. The van der Waals surface area contributed by atoms with Gasteiger partial charge in [0, 0.05) is 37.1 Å². The Labute approximate surface area is 268 Å². The normalized spacial score (nSPS) is 30.5. The summed E-state index contributed by atoms with van der Waals surface area (Å²) in [6.45, 7) is 9.55. The molecule has 2 aliphatic heterocycles. The third-order valence-corrected chi connectivity index (χ3v) is 11.4. The monoisotopic (exact) mass is 619 g/mol. The predicted octanol–water partition coefficient (Wildman–Crippen LogP) is 6.10. The van der Waals surface area contributed by atoms with Gasteiger partial charge in [-0.3, -0.25) is 14.5 Å². The number of hydrogen-bond acceptors (Lipinski definition) is 7. The Morgan fingerprint density at radius 3 is 2.31 bits per heavy atom. The Balaban J connectivity index is 1.30. The molecule has 4 fully saturated rings. The molecule has 246 valence electrons. The molecule has 9 heteroatoms. The van der Waals surface area contributed by atoms with E-state index < -0.39 is 5.97 Å². The summed E-state index contributed by atoms with van der Waals surface area (Å²) in [7, 11) is 0. The van der Waals surface area contributed by atoms with Crippen LogP contribution in [0.25, 0.3) is 11.0 Å². The van der Waals surface area contributed by atoms with Crippen molar-refractivity contribution in [3.05, 3.63) is 40.3 Å². The number of fused-ring (bicyclic) bond motifs is 5. The van der Waals surface area contributed by atoms with E-state index >= 15 is 0 Å². The number of aliphatic carboxylic acids is 1. The van der Waals surface area contributed by atoms with Crippen molar-refractivity contribution < 1.29 is 14.7 Å². The zero-order valence-corrected chi connectivity index (χ0v) is 27.6. The summed E-state index contributed by atoms with van der Waals surface area (Å²) in [4.78, 5) is 41.7. The molecule has 0 spiro atoms. The molecule has 0 radical (unpaired) electrons. The fraction of sp³-hybridized carbons (Fsp3) is 0.722. The SMILES string of the molecule is CCN(CC)CCO/N=C(\CCC(=O)O)c1nc2ccccc2n(C2C[C@H]3CCC[C@@H](C2)N3C2C[C@@H]3C[C@@H](C)C[C@H](C2)C3)c1=O. The van der Waals surface area contributed by atoms with Gasteiger partial charge in [-0.2, -0.15) is 0 Å². The molecule has 9 nitrogen and oxygen atoms in total. The molecule has 4 aliphatic rings. The summed E-state index contributed by atoms with van der Waals surface area (Å²) in [5.41, 5.74) is 1.95. The average molecular weight is 620 g/mol. The summed E-state index contributed by atoms with van der Waals surface area (Å²) in [5.74, 6) is 1.69. The first-order chi connectivity index (χ1) is 21.8. The Kier molecular flexibility index (Phi) is 10.2. The Morgan fingerprint density at radius 2 is 1.64 bits per heavy atom. The van der Waals surface area contributed by atoms with E-state index in [1.54, 1.807) is 0 Å². The van der Waals surface area contributed by atoms with Gasteiger partial charge in [0.2, 0.25) is 0 Å². The highest BCUT2D eigenvalue weighted by atomic mass is 16.6. The van der Waals surface area contributed by atoms with Crippen LogP contribution in [0, 0.1) is 17.8 Å². The van der Waals surface area contributed by atoms with Crippen molar-refractivity contribution in [2.75, 3.05) is 26.2 Å². The number of rotatable bonds is 12. The third kappa shape index (κ3) is 7.14. The maximum absolute atomic E-state index is 14.5. The van der Waals surface area contributed by atoms with E-state index in [0.29, 0.717) is 37.0 Å². The van der Waals surface area contributed by atoms with E-state index in [2.05, 4.69) is 35.7 Å². The van der Waals surface area contributed by atoms with Gasteiger partial charge in [-0.1, -0.05) is 44.5 Å². The standard InChI is InChI=1S/C36H53N5O4/c1-4-39(5-2)15-16-45-38-32(13-14-34(42)43)35-36(44)41(33-12-7-6-11-31(33)37-35)30-22-27-9-8-10-28(23-30)40(27)29-20-25-17-24(3)18-26(19-25)21-29/h6-7,11-12,24-30H,4-5,8-10,13-23H2,1-3H3,(H,42,43)/b38-32+/t24-,25-,26+,27-,28+,29?,30?. The summed E-state index contributed by atoms with van der Waals surface area (Å²) in [5, 5.41) is 13.9. The number of para-hydroxylation sites is 2. The van der Waals surface area contributed by atoms with Crippen LogP contribution in [0.5, 0.6) is 0 Å². The minimum atomic E-state index is -0.937. The zero-order chi connectivity index (χ0) is 31.5. The number of carboxylic acid groups (broad SMARTS) is 1. The first-order valence-electron chi connectivity index (χ1n) is 17.8. The molecule has 7 atom stereocenters. The number of likely N-dealkylation sites (N-methyl/N-ethyl adjacent to an activating group) is 1. The molecule has 0 amide bonds. The second kappa shape index (κ2) is 14.3. The molecule has 2 aromatic rings. The molecule has 2 unspecified atom stereocenters. The number of oxime groups is 1. The Morgan fingerprint density at radius 1 is 0.956 bits per heavy atom. The van der Waals surface area contributed by atoms with E-state index in [0.717, 1.165) is 54.7 Å². The summed E-state index contributed by atoms with van der Waals surface area (Å²) in [6.07, 6.45) is 12.5. The van der Waals surface area contributed by atoms with Gasteiger partial charge in [-0.05, 0) is 101 Å². The highest BCUT2D eigenvalue weighted by Gasteiger charge is 2.46. The molecule has 3 heterocycles. The minimum absolute atomic E-state index is 0.0723. The molecule has 1 N–H and O–H groups in total. The first kappa shape index (κ1) is 32.2. The molecule has 2 saturated heterocycles. The minimum Gasteiger partial charge on any atom is -0.481 e. The van der Waals surface area contributed by atoms with Gasteiger partial charge in [0.1, 0.15) is 12.3 Å². The van der Waals surface area contributed by atoms with Crippen LogP contribution in [0.1, 0.15) is 110 Å². The van der Waals surface area contributed by atoms with Crippen molar-refractivity contribution in [1.82, 2.24) is 19.4 Å². The number of carboxylic acids is 1. The number of nitrogens with zero attached hydrogens (tertiary/aromatic N) is 5. The van der Waals surface area contributed by atoms with Crippen LogP contribution >= 0.6 is 0 Å². The van der Waals surface area contributed by atoms with Gasteiger partial charge >= 0.3 is 5.97 Å². The molecule has 1 aromatic heterocycles. The van der Waals surface area contributed by atoms with Crippen molar-refractivity contribution in [3.8, 4) is 0 Å². The molecular weight excluding hydrogens is 566 g/mol. The highest BCUT2D eigenvalue weighted by Crippen LogP contribution is 2.48.